The van der Waals surface area contributed by atoms with Crippen LogP contribution in [-0.4, -0.2) is 24.2 Å². The molecule has 0 aliphatic heterocycles. The maximum atomic E-state index is 12.7. The van der Waals surface area contributed by atoms with Gasteiger partial charge in [0.15, 0.2) is 0 Å². The number of nitrogens with zero attached hydrogens (tertiary/aromatic N) is 1. The molecule has 0 heterocycles. The fourth-order valence-electron chi connectivity index (χ4n) is 2.17. The number of hydrogen-bond acceptors (Lipinski definition) is 3. The molecular weight excluding hydrogens is 266 g/mol. The van der Waals surface area contributed by atoms with Crippen molar-refractivity contribution in [3.05, 3.63) is 54.1 Å². The fourth-order valence-corrected chi connectivity index (χ4v) is 2.17. The lowest BCUT2D eigenvalue weighted by Crippen LogP contribution is -2.30. The van der Waals surface area contributed by atoms with Crippen LogP contribution in [0, 0.1) is 0 Å². The number of aromatic hydroxyl groups is 1. The number of carbonyl (C=O) groups excluding carboxylic acids is 1. The number of benzene rings is 2. The van der Waals surface area contributed by atoms with Crippen LogP contribution in [0.3, 0.4) is 0 Å². The number of hydrogen-bond donors (Lipinski definition) is 1. The lowest BCUT2D eigenvalue weighted by molar-refractivity contribution is 0.0984. The first-order chi connectivity index (χ1) is 10.2. The van der Waals surface area contributed by atoms with Crippen molar-refractivity contribution < 1.29 is 14.6 Å². The molecule has 2 aromatic carbocycles. The number of anilines is 1. The minimum atomic E-state index is -0.146. The lowest BCUT2D eigenvalue weighted by Gasteiger charge is -2.22. The van der Waals surface area contributed by atoms with Gasteiger partial charge in [-0.25, -0.2) is 0 Å². The minimum Gasteiger partial charge on any atom is -0.508 e. The van der Waals surface area contributed by atoms with E-state index in [0.717, 1.165) is 0 Å². The average Bonchev–Trinajstić information content (AvgIpc) is 2.49. The highest BCUT2D eigenvalue weighted by Gasteiger charge is 2.19. The zero-order valence-corrected chi connectivity index (χ0v) is 12.2. The molecule has 0 saturated carbocycles. The summed E-state index contributed by atoms with van der Waals surface area (Å²) in [7, 11) is 0. The topological polar surface area (TPSA) is 49.8 Å². The van der Waals surface area contributed by atoms with Gasteiger partial charge in [0.05, 0.1) is 12.2 Å². The van der Waals surface area contributed by atoms with Crippen LogP contribution in [0.15, 0.2) is 48.5 Å². The van der Waals surface area contributed by atoms with Gasteiger partial charge in [-0.15, -0.1) is 0 Å². The van der Waals surface area contributed by atoms with Crippen LogP contribution in [0.2, 0.25) is 0 Å². The van der Waals surface area contributed by atoms with E-state index < -0.39 is 0 Å². The molecule has 0 atom stereocenters. The van der Waals surface area contributed by atoms with E-state index in [1.54, 1.807) is 41.3 Å². The molecule has 1 amide bonds. The van der Waals surface area contributed by atoms with Gasteiger partial charge in [0, 0.05) is 18.3 Å². The number of carbonyl (C=O) groups is 1. The van der Waals surface area contributed by atoms with Crippen molar-refractivity contribution in [2.75, 3.05) is 18.1 Å². The molecule has 0 aromatic heterocycles. The van der Waals surface area contributed by atoms with Gasteiger partial charge in [0.1, 0.15) is 11.5 Å². The zero-order valence-electron chi connectivity index (χ0n) is 12.2. The van der Waals surface area contributed by atoms with Gasteiger partial charge in [-0.3, -0.25) is 4.79 Å². The third-order valence-electron chi connectivity index (χ3n) is 3.12. The summed E-state index contributed by atoms with van der Waals surface area (Å²) >= 11 is 0. The minimum absolute atomic E-state index is 0.136. The van der Waals surface area contributed by atoms with E-state index >= 15 is 0 Å². The maximum Gasteiger partial charge on any atom is 0.262 e. The molecule has 0 aliphatic rings. The summed E-state index contributed by atoms with van der Waals surface area (Å²) in [6, 6.07) is 13.9. The summed E-state index contributed by atoms with van der Waals surface area (Å²) in [6.45, 7) is 4.78. The predicted octanol–water partition coefficient (Wildman–Crippen LogP) is 3.46. The van der Waals surface area contributed by atoms with Crippen LogP contribution < -0.4 is 9.64 Å². The highest BCUT2D eigenvalue weighted by molar-refractivity contribution is 6.07. The second-order valence-corrected chi connectivity index (χ2v) is 4.50. The standard InChI is InChI=1S/C17H19NO3/c1-3-18(13-8-7-9-14(19)12-13)17(20)15-10-5-6-11-16(15)21-4-2/h5-12,19H,3-4H2,1-2H3. The van der Waals surface area contributed by atoms with Crippen LogP contribution in [0.25, 0.3) is 0 Å². The van der Waals surface area contributed by atoms with Gasteiger partial charge >= 0.3 is 0 Å². The molecule has 2 rings (SSSR count). The molecule has 0 aliphatic carbocycles. The number of amides is 1. The van der Waals surface area contributed by atoms with Crippen molar-refractivity contribution >= 4 is 11.6 Å². The molecular formula is C17H19NO3. The summed E-state index contributed by atoms with van der Waals surface area (Å²) < 4.78 is 5.52. The molecule has 0 bridgehead atoms. The van der Waals surface area contributed by atoms with Gasteiger partial charge in [-0.05, 0) is 38.1 Å². The molecule has 21 heavy (non-hydrogen) atoms. The summed E-state index contributed by atoms with van der Waals surface area (Å²) in [5.41, 5.74) is 1.18. The molecule has 4 heteroatoms. The lowest BCUT2D eigenvalue weighted by atomic mass is 10.1. The van der Waals surface area contributed by atoms with Gasteiger partial charge in [-0.1, -0.05) is 18.2 Å². The van der Waals surface area contributed by atoms with Crippen LogP contribution >= 0.6 is 0 Å². The summed E-state index contributed by atoms with van der Waals surface area (Å²) in [6.07, 6.45) is 0. The maximum absolute atomic E-state index is 12.7. The first kappa shape index (κ1) is 14.9. The Bertz CT molecular complexity index is 625. The molecule has 2 aromatic rings. The summed E-state index contributed by atoms with van der Waals surface area (Å²) in [5.74, 6) is 0.563. The van der Waals surface area contributed by atoms with Gasteiger partial charge < -0.3 is 14.7 Å². The first-order valence-electron chi connectivity index (χ1n) is 7.00. The van der Waals surface area contributed by atoms with Crippen molar-refractivity contribution in [3.63, 3.8) is 0 Å². The molecule has 0 fully saturated rings. The van der Waals surface area contributed by atoms with E-state index in [2.05, 4.69) is 0 Å². The van der Waals surface area contributed by atoms with E-state index in [0.29, 0.717) is 30.2 Å². The highest BCUT2D eigenvalue weighted by atomic mass is 16.5. The SMILES string of the molecule is CCOc1ccccc1C(=O)N(CC)c1cccc(O)c1. The highest BCUT2D eigenvalue weighted by Crippen LogP contribution is 2.25. The molecule has 4 nitrogen and oxygen atoms in total. The second kappa shape index (κ2) is 6.79. The Balaban J connectivity index is 2.37. The third kappa shape index (κ3) is 3.34. The molecule has 110 valence electrons. The van der Waals surface area contributed by atoms with Crippen molar-refractivity contribution in [3.8, 4) is 11.5 Å². The van der Waals surface area contributed by atoms with Gasteiger partial charge in [0.25, 0.3) is 5.91 Å². The summed E-state index contributed by atoms with van der Waals surface area (Å²) in [5, 5.41) is 9.59. The van der Waals surface area contributed by atoms with Gasteiger partial charge in [-0.2, -0.15) is 0 Å². The van der Waals surface area contributed by atoms with Crippen LogP contribution in [-0.2, 0) is 0 Å². The van der Waals surface area contributed by atoms with E-state index in [1.165, 1.54) is 0 Å². The second-order valence-electron chi connectivity index (χ2n) is 4.50. The van der Waals surface area contributed by atoms with Crippen molar-refractivity contribution in [2.24, 2.45) is 0 Å². The smallest absolute Gasteiger partial charge is 0.262 e. The van der Waals surface area contributed by atoms with E-state index in [-0.39, 0.29) is 11.7 Å². The Labute approximate surface area is 124 Å². The Morgan fingerprint density at radius 2 is 1.90 bits per heavy atom. The predicted molar refractivity (Wildman–Crippen MR) is 83.1 cm³/mol. The number of ether oxygens (including phenoxy) is 1. The number of phenols is 1. The van der Waals surface area contributed by atoms with Crippen LogP contribution in [0.4, 0.5) is 5.69 Å². The average molecular weight is 285 g/mol. The Hall–Kier alpha value is -2.49. The number of para-hydroxylation sites is 1. The van der Waals surface area contributed by atoms with Gasteiger partial charge in [0.2, 0.25) is 0 Å². The van der Waals surface area contributed by atoms with E-state index in [1.807, 2.05) is 26.0 Å². The van der Waals surface area contributed by atoms with Crippen molar-refractivity contribution in [2.45, 2.75) is 13.8 Å². The quantitative estimate of drug-likeness (QED) is 0.915. The Morgan fingerprint density at radius 1 is 1.14 bits per heavy atom. The summed E-state index contributed by atoms with van der Waals surface area (Å²) in [4.78, 5) is 14.4. The Morgan fingerprint density at radius 3 is 2.57 bits per heavy atom. The normalized spacial score (nSPS) is 10.2. The third-order valence-corrected chi connectivity index (χ3v) is 3.12. The van der Waals surface area contributed by atoms with E-state index in [9.17, 15) is 9.90 Å². The molecule has 1 N–H and O–H groups in total. The van der Waals surface area contributed by atoms with Crippen molar-refractivity contribution in [1.29, 1.82) is 0 Å². The zero-order chi connectivity index (χ0) is 15.2. The van der Waals surface area contributed by atoms with E-state index in [4.69, 9.17) is 4.74 Å². The largest absolute Gasteiger partial charge is 0.508 e. The van der Waals surface area contributed by atoms with Crippen molar-refractivity contribution in [1.82, 2.24) is 0 Å². The van der Waals surface area contributed by atoms with Crippen LogP contribution in [0.5, 0.6) is 11.5 Å². The molecule has 0 saturated heterocycles. The Kier molecular flexibility index (Phi) is 4.82. The van der Waals surface area contributed by atoms with Crippen LogP contribution in [0.1, 0.15) is 24.2 Å². The fraction of sp³-hybridized carbons (Fsp3) is 0.235. The number of phenolic OH excluding ortho intramolecular Hbond substituents is 1. The molecule has 0 unspecified atom stereocenters. The molecule has 0 spiro atoms. The molecule has 0 radical (unpaired) electrons. The first-order valence-corrected chi connectivity index (χ1v) is 7.00. The number of rotatable bonds is 5. The monoisotopic (exact) mass is 285 g/mol.